The number of likely N-dealkylation sites (N-methyl/N-ethyl adjacent to an activating group) is 1. The van der Waals surface area contributed by atoms with Gasteiger partial charge in [-0.15, -0.1) is 0 Å². The number of aliphatic hydroxyl groups excluding tert-OH is 2. The number of halogens is 1. The summed E-state index contributed by atoms with van der Waals surface area (Å²) in [7, 11) is 3.88. The molecule has 0 amide bonds. The largest absolute Gasteiger partial charge is 0.388 e. The fourth-order valence-electron chi connectivity index (χ4n) is 9.00. The number of hydrogen-bond acceptors (Lipinski definition) is 6. The quantitative estimate of drug-likeness (QED) is 0.424. The van der Waals surface area contributed by atoms with E-state index in [0.29, 0.717) is 18.0 Å². The summed E-state index contributed by atoms with van der Waals surface area (Å²) in [5, 5.41) is 35.5. The highest BCUT2D eigenvalue weighted by molar-refractivity contribution is 6.34. The molecule has 7 heteroatoms. The van der Waals surface area contributed by atoms with Crippen molar-refractivity contribution < 1.29 is 14.9 Å². The van der Waals surface area contributed by atoms with Crippen LogP contribution in [0, 0.1) is 28.1 Å². The van der Waals surface area contributed by atoms with Gasteiger partial charge in [0.2, 0.25) is 0 Å². The van der Waals surface area contributed by atoms with Gasteiger partial charge in [-0.1, -0.05) is 42.8 Å². The molecule has 1 aromatic heterocycles. The van der Waals surface area contributed by atoms with E-state index >= 15 is 0 Å². The van der Waals surface area contributed by atoms with Gasteiger partial charge in [0.25, 0.3) is 0 Å². The number of fused-ring (bicyclic) bond motifs is 2. The Hall–Kier alpha value is -2.27. The van der Waals surface area contributed by atoms with Gasteiger partial charge >= 0.3 is 0 Å². The molecule has 38 heavy (non-hydrogen) atoms. The molecule has 2 bridgehead atoms. The maximum absolute atomic E-state index is 11.3. The van der Waals surface area contributed by atoms with Crippen molar-refractivity contribution in [3.05, 3.63) is 58.9 Å². The third-order valence-corrected chi connectivity index (χ3v) is 11.3. The lowest BCUT2D eigenvalue weighted by Gasteiger charge is -2.61. The van der Waals surface area contributed by atoms with E-state index < -0.39 is 28.8 Å². The SMILES string of the molecule is CN(C)[C@H]1C[C@@]23CC[C@]4(O2)C2CC=C(c5ccc6c(Cl)nccc6c5)[C@@]2(C)CCC4(C#N)C=C3[C@@H](O)[C@@H]1O. The molecule has 2 saturated carbocycles. The van der Waals surface area contributed by atoms with E-state index in [0.717, 1.165) is 42.0 Å². The number of ether oxygens (including phenoxy) is 1. The van der Waals surface area contributed by atoms with E-state index in [4.69, 9.17) is 16.3 Å². The first-order valence-corrected chi connectivity index (χ1v) is 14.1. The average Bonchev–Trinajstić information content (AvgIpc) is 3.43. The maximum atomic E-state index is 11.3. The summed E-state index contributed by atoms with van der Waals surface area (Å²) in [5.41, 5.74) is 1.02. The predicted molar refractivity (Wildman–Crippen MR) is 146 cm³/mol. The molecule has 2 spiro atoms. The van der Waals surface area contributed by atoms with Crippen molar-refractivity contribution in [3.63, 3.8) is 0 Å². The van der Waals surface area contributed by atoms with Crippen LogP contribution in [0.4, 0.5) is 0 Å². The molecule has 2 aromatic rings. The number of nitriles is 1. The summed E-state index contributed by atoms with van der Waals surface area (Å²) in [4.78, 5) is 6.21. The molecule has 2 N–H and O–H groups in total. The van der Waals surface area contributed by atoms with Crippen LogP contribution in [0.25, 0.3) is 16.3 Å². The van der Waals surface area contributed by atoms with Crippen molar-refractivity contribution in [1.82, 2.24) is 9.88 Å². The second-order valence-electron chi connectivity index (χ2n) is 12.7. The Balaban J connectivity index is 1.32. The summed E-state index contributed by atoms with van der Waals surface area (Å²) in [5.74, 6) is 0.147. The zero-order valence-electron chi connectivity index (χ0n) is 22.1. The molecule has 198 valence electrons. The van der Waals surface area contributed by atoms with Crippen LogP contribution in [0.2, 0.25) is 5.15 Å². The number of aromatic nitrogens is 1. The molecular formula is C31H34ClN3O3. The van der Waals surface area contributed by atoms with E-state index in [1.165, 1.54) is 11.1 Å². The first-order valence-electron chi connectivity index (χ1n) is 13.7. The molecule has 2 aliphatic heterocycles. The lowest BCUT2D eigenvalue weighted by molar-refractivity contribution is -0.223. The summed E-state index contributed by atoms with van der Waals surface area (Å²) in [6.45, 7) is 2.35. The second kappa shape index (κ2) is 7.90. The Bertz CT molecular complexity index is 1460. The Morgan fingerprint density at radius 2 is 1.97 bits per heavy atom. The van der Waals surface area contributed by atoms with Crippen molar-refractivity contribution in [3.8, 4) is 6.07 Å². The highest BCUT2D eigenvalue weighted by atomic mass is 35.5. The molecule has 5 aliphatic rings. The molecule has 1 aromatic carbocycles. The minimum absolute atomic E-state index is 0.143. The molecule has 3 heterocycles. The van der Waals surface area contributed by atoms with Crippen molar-refractivity contribution in [2.45, 2.75) is 74.9 Å². The zero-order valence-corrected chi connectivity index (χ0v) is 22.9. The van der Waals surface area contributed by atoms with Crippen LogP contribution in [-0.4, -0.2) is 63.6 Å². The number of hydrogen-bond donors (Lipinski definition) is 2. The van der Waals surface area contributed by atoms with Gasteiger partial charge in [0.05, 0.1) is 23.4 Å². The third kappa shape index (κ3) is 2.89. The fourth-order valence-corrected chi connectivity index (χ4v) is 9.23. The van der Waals surface area contributed by atoms with Crippen molar-refractivity contribution in [1.29, 1.82) is 5.26 Å². The Morgan fingerprint density at radius 1 is 1.16 bits per heavy atom. The van der Waals surface area contributed by atoms with Crippen LogP contribution in [0.1, 0.15) is 51.0 Å². The van der Waals surface area contributed by atoms with Crippen molar-refractivity contribution in [2.24, 2.45) is 16.7 Å². The van der Waals surface area contributed by atoms with Crippen LogP contribution in [-0.2, 0) is 4.74 Å². The van der Waals surface area contributed by atoms with Gasteiger partial charge in [0, 0.05) is 23.5 Å². The average molecular weight is 532 g/mol. The Morgan fingerprint density at radius 3 is 2.74 bits per heavy atom. The number of nitrogens with zero attached hydrogens (tertiary/aromatic N) is 3. The maximum Gasteiger partial charge on any atom is 0.136 e. The van der Waals surface area contributed by atoms with Gasteiger partial charge in [-0.3, -0.25) is 0 Å². The molecule has 2 unspecified atom stereocenters. The zero-order chi connectivity index (χ0) is 26.7. The van der Waals surface area contributed by atoms with E-state index in [1.807, 2.05) is 31.1 Å². The van der Waals surface area contributed by atoms with Crippen LogP contribution in [0.15, 0.2) is 48.2 Å². The number of benzene rings is 1. The normalized spacial score (nSPS) is 43.2. The van der Waals surface area contributed by atoms with Crippen LogP contribution < -0.4 is 0 Å². The molecular weight excluding hydrogens is 498 g/mol. The highest BCUT2D eigenvalue weighted by Crippen LogP contribution is 2.72. The lowest BCUT2D eigenvalue weighted by atomic mass is 9.49. The topological polar surface area (TPSA) is 89.6 Å². The number of aliphatic hydroxyl groups is 2. The monoisotopic (exact) mass is 531 g/mol. The van der Waals surface area contributed by atoms with Gasteiger partial charge in [-0.25, -0.2) is 4.98 Å². The second-order valence-corrected chi connectivity index (χ2v) is 13.1. The molecule has 3 aliphatic carbocycles. The highest BCUT2D eigenvalue weighted by Gasteiger charge is 2.74. The number of allylic oxidation sites excluding steroid dienone is 2. The summed E-state index contributed by atoms with van der Waals surface area (Å²) < 4.78 is 7.28. The summed E-state index contributed by atoms with van der Waals surface area (Å²) >= 11 is 6.35. The Kier molecular flexibility index (Phi) is 5.14. The van der Waals surface area contributed by atoms with Gasteiger partial charge in [0.1, 0.15) is 16.7 Å². The fraction of sp³-hybridized carbons (Fsp3) is 0.548. The molecule has 6 nitrogen and oxygen atoms in total. The molecule has 7 rings (SSSR count). The number of rotatable bonds is 2. The minimum atomic E-state index is -1.03. The molecule has 1 saturated heterocycles. The minimum Gasteiger partial charge on any atom is -0.388 e. The lowest BCUT2D eigenvalue weighted by Crippen LogP contribution is -2.66. The van der Waals surface area contributed by atoms with Crippen molar-refractivity contribution in [2.75, 3.05) is 14.1 Å². The van der Waals surface area contributed by atoms with Gasteiger partial charge < -0.3 is 19.8 Å². The smallest absolute Gasteiger partial charge is 0.136 e. The summed E-state index contributed by atoms with van der Waals surface area (Å²) in [6.07, 6.45) is 8.77. The first kappa shape index (κ1) is 24.7. The van der Waals surface area contributed by atoms with Gasteiger partial charge in [-0.05, 0) is 92.3 Å². The van der Waals surface area contributed by atoms with Crippen LogP contribution in [0.5, 0.6) is 0 Å². The van der Waals surface area contributed by atoms with E-state index in [-0.39, 0.29) is 17.4 Å². The van der Waals surface area contributed by atoms with E-state index in [9.17, 15) is 15.5 Å². The predicted octanol–water partition coefficient (Wildman–Crippen LogP) is 4.89. The molecule has 3 fully saturated rings. The molecule has 0 radical (unpaired) electrons. The third-order valence-electron chi connectivity index (χ3n) is 11.0. The van der Waals surface area contributed by atoms with E-state index in [1.54, 1.807) is 6.20 Å². The first-order chi connectivity index (χ1) is 18.1. The Labute approximate surface area is 228 Å². The van der Waals surface area contributed by atoms with Crippen molar-refractivity contribution >= 4 is 27.9 Å². The van der Waals surface area contributed by atoms with E-state index in [2.05, 4.69) is 42.3 Å². The van der Waals surface area contributed by atoms with Gasteiger partial charge in [-0.2, -0.15) is 5.26 Å². The standard InChI is InChI=1S/C31H34ClN3O3/c1-28-9-10-29(17-33)15-22-25(36)26(37)23(35(2)3)16-30(22)11-12-31(29,38-30)24(28)7-6-21(28)19-4-5-20-18(14-19)8-13-34-27(20)32/h4-6,8,13-15,23-26,36-37H,7,9-12,16H2,1-3H3/t23-,24?,25+,26+,28+,29?,30+,31-/m0/s1. The number of pyridine rings is 1. The van der Waals surface area contributed by atoms with Crippen LogP contribution in [0.3, 0.4) is 0 Å². The van der Waals surface area contributed by atoms with Crippen LogP contribution >= 0.6 is 11.6 Å². The molecule has 8 atom stereocenters. The van der Waals surface area contributed by atoms with Gasteiger partial charge in [0.15, 0.2) is 0 Å². The summed E-state index contributed by atoms with van der Waals surface area (Å²) in [6, 6.07) is 10.9.